The molecule has 0 saturated carbocycles. The van der Waals surface area contributed by atoms with Crippen LogP contribution in [0.25, 0.3) is 10.9 Å². The summed E-state index contributed by atoms with van der Waals surface area (Å²) in [7, 11) is -1.51. The molecule has 0 spiro atoms. The van der Waals surface area contributed by atoms with Gasteiger partial charge in [-0.2, -0.15) is 4.98 Å². The van der Waals surface area contributed by atoms with Crippen molar-refractivity contribution in [3.63, 3.8) is 0 Å². The normalized spacial score (nSPS) is 12.3. The summed E-state index contributed by atoms with van der Waals surface area (Å²) in [6.45, 7) is 4.20. The van der Waals surface area contributed by atoms with E-state index in [4.69, 9.17) is 4.74 Å². The van der Waals surface area contributed by atoms with Crippen LogP contribution >= 0.6 is 0 Å². The van der Waals surface area contributed by atoms with Gasteiger partial charge in [0.05, 0.1) is 17.0 Å². The molecule has 22 heavy (non-hydrogen) atoms. The number of fused-ring (bicyclic) bond motifs is 1. The second-order valence-corrected chi connectivity index (χ2v) is 6.01. The minimum atomic E-state index is -1.51. The molecular weight excluding hydrogens is 298 g/mol. The maximum atomic E-state index is 12.9. The van der Waals surface area contributed by atoms with Crippen molar-refractivity contribution < 1.29 is 8.95 Å². The Morgan fingerprint density at radius 2 is 2.00 bits per heavy atom. The Bertz CT molecular complexity index is 846. The fourth-order valence-electron chi connectivity index (χ4n) is 2.14. The lowest BCUT2D eigenvalue weighted by molar-refractivity contribution is 0.322. The average Bonchev–Trinajstić information content (AvgIpc) is 2.53. The van der Waals surface area contributed by atoms with Gasteiger partial charge in [0, 0.05) is 23.3 Å². The lowest BCUT2D eigenvalue weighted by Gasteiger charge is -2.07. The van der Waals surface area contributed by atoms with Gasteiger partial charge in [-0.1, -0.05) is 18.2 Å². The molecule has 2 aromatic heterocycles. The molecule has 3 aromatic rings. The highest BCUT2D eigenvalue weighted by Crippen LogP contribution is 2.23. The Kier molecular flexibility index (Phi) is 4.11. The average molecular weight is 313 g/mol. The van der Waals surface area contributed by atoms with Crippen LogP contribution in [0.15, 0.2) is 52.6 Å². The maximum Gasteiger partial charge on any atom is 0.227 e. The van der Waals surface area contributed by atoms with Crippen LogP contribution in [0.2, 0.25) is 0 Å². The van der Waals surface area contributed by atoms with E-state index in [1.807, 2.05) is 38.1 Å². The van der Waals surface area contributed by atoms with Crippen molar-refractivity contribution in [3.8, 4) is 5.88 Å². The third-order valence-corrected chi connectivity index (χ3v) is 4.31. The van der Waals surface area contributed by atoms with Crippen LogP contribution in [0.1, 0.15) is 12.6 Å². The predicted octanol–water partition coefficient (Wildman–Crippen LogP) is 2.90. The van der Waals surface area contributed by atoms with Crippen molar-refractivity contribution in [2.45, 2.75) is 23.9 Å². The Balaban J connectivity index is 2.10. The summed E-state index contributed by atoms with van der Waals surface area (Å²) in [5, 5.41) is 1.17. The highest BCUT2D eigenvalue weighted by atomic mass is 32.2. The molecule has 1 aromatic carbocycles. The number of ether oxygens (including phenoxy) is 1. The van der Waals surface area contributed by atoms with Gasteiger partial charge < -0.3 is 4.74 Å². The first kappa shape index (κ1) is 14.6. The summed E-state index contributed by atoms with van der Waals surface area (Å²) >= 11 is 0. The molecule has 3 rings (SSSR count). The fraction of sp³-hybridized carbons (Fsp3) is 0.188. The van der Waals surface area contributed by atoms with Crippen LogP contribution in [0.5, 0.6) is 5.88 Å². The third-order valence-electron chi connectivity index (χ3n) is 3.06. The van der Waals surface area contributed by atoms with Crippen LogP contribution in [-0.4, -0.2) is 25.8 Å². The summed E-state index contributed by atoms with van der Waals surface area (Å²) in [5.41, 5.74) is 1.42. The second-order valence-electron chi connectivity index (χ2n) is 4.66. The zero-order valence-electron chi connectivity index (χ0n) is 12.3. The van der Waals surface area contributed by atoms with Crippen molar-refractivity contribution in [3.05, 3.63) is 48.3 Å². The van der Waals surface area contributed by atoms with E-state index in [-0.39, 0.29) is 5.16 Å². The van der Waals surface area contributed by atoms with Crippen molar-refractivity contribution in [1.29, 1.82) is 0 Å². The van der Waals surface area contributed by atoms with Gasteiger partial charge in [-0.05, 0) is 26.0 Å². The largest absolute Gasteiger partial charge is 0.478 e. The summed E-state index contributed by atoms with van der Waals surface area (Å²) in [6, 6.07) is 11.1. The van der Waals surface area contributed by atoms with E-state index in [1.54, 1.807) is 18.3 Å². The lowest BCUT2D eigenvalue weighted by atomic mass is 10.2. The molecular formula is C16H15N3O2S. The van der Waals surface area contributed by atoms with E-state index in [2.05, 4.69) is 15.0 Å². The number of pyridine rings is 1. The van der Waals surface area contributed by atoms with Crippen LogP contribution in [-0.2, 0) is 10.8 Å². The fourth-order valence-corrected chi connectivity index (χ4v) is 3.29. The second kappa shape index (κ2) is 6.19. The van der Waals surface area contributed by atoms with Crippen LogP contribution in [0.4, 0.5) is 0 Å². The first-order valence-corrected chi connectivity index (χ1v) is 8.08. The number of benzene rings is 1. The number of para-hydroxylation sites is 1. The molecule has 0 aliphatic rings. The first-order chi connectivity index (χ1) is 10.7. The van der Waals surface area contributed by atoms with Crippen molar-refractivity contribution in [2.24, 2.45) is 0 Å². The third kappa shape index (κ3) is 2.82. The molecule has 5 nitrogen and oxygen atoms in total. The standard InChI is InChI=1S/C16H15N3O2S/c1-3-21-14-10-11(2)18-16(19-14)22(20)13-8-4-6-12-7-5-9-17-15(12)13/h4-10H,3H2,1-2H3. The number of hydrogen-bond donors (Lipinski definition) is 0. The molecule has 0 bridgehead atoms. The molecule has 0 saturated heterocycles. The molecule has 1 atom stereocenters. The summed E-state index contributed by atoms with van der Waals surface area (Å²) in [4.78, 5) is 13.5. The molecule has 1 unspecified atom stereocenters. The van der Waals surface area contributed by atoms with E-state index in [0.717, 1.165) is 11.1 Å². The highest BCUT2D eigenvalue weighted by molar-refractivity contribution is 7.85. The number of aromatic nitrogens is 3. The molecule has 0 aliphatic carbocycles. The Morgan fingerprint density at radius 3 is 2.82 bits per heavy atom. The molecule has 0 aliphatic heterocycles. The zero-order chi connectivity index (χ0) is 15.5. The lowest BCUT2D eigenvalue weighted by Crippen LogP contribution is -2.05. The van der Waals surface area contributed by atoms with Crippen molar-refractivity contribution in [1.82, 2.24) is 15.0 Å². The van der Waals surface area contributed by atoms with Gasteiger partial charge >= 0.3 is 0 Å². The van der Waals surface area contributed by atoms with Crippen molar-refractivity contribution >= 4 is 21.7 Å². The number of hydrogen-bond acceptors (Lipinski definition) is 5. The molecule has 6 heteroatoms. The van der Waals surface area contributed by atoms with Gasteiger partial charge in [0.25, 0.3) is 0 Å². The Labute approximate surface area is 130 Å². The molecule has 0 amide bonds. The topological polar surface area (TPSA) is 65.0 Å². The first-order valence-electron chi connectivity index (χ1n) is 6.93. The van der Waals surface area contributed by atoms with E-state index in [0.29, 0.717) is 22.9 Å². The van der Waals surface area contributed by atoms with Gasteiger partial charge in [-0.25, -0.2) is 9.19 Å². The highest BCUT2D eigenvalue weighted by Gasteiger charge is 2.16. The monoisotopic (exact) mass is 313 g/mol. The van der Waals surface area contributed by atoms with Gasteiger partial charge in [-0.3, -0.25) is 4.98 Å². The number of rotatable bonds is 4. The van der Waals surface area contributed by atoms with E-state index in [1.165, 1.54) is 0 Å². The molecule has 0 fully saturated rings. The Morgan fingerprint density at radius 1 is 1.18 bits per heavy atom. The van der Waals surface area contributed by atoms with E-state index >= 15 is 0 Å². The molecule has 0 radical (unpaired) electrons. The Hall–Kier alpha value is -2.34. The van der Waals surface area contributed by atoms with E-state index in [9.17, 15) is 4.21 Å². The number of aryl methyl sites for hydroxylation is 1. The summed E-state index contributed by atoms with van der Waals surface area (Å²) in [5.74, 6) is 0.437. The molecule has 112 valence electrons. The zero-order valence-corrected chi connectivity index (χ0v) is 13.1. The van der Waals surface area contributed by atoms with Gasteiger partial charge in [0.2, 0.25) is 11.0 Å². The van der Waals surface area contributed by atoms with Gasteiger partial charge in [-0.15, -0.1) is 0 Å². The molecule has 2 heterocycles. The summed E-state index contributed by atoms with van der Waals surface area (Å²) in [6.07, 6.45) is 1.69. The number of nitrogens with zero attached hydrogens (tertiary/aromatic N) is 3. The molecule has 0 N–H and O–H groups in total. The SMILES string of the molecule is CCOc1cc(C)nc(S(=O)c2cccc3cccnc23)n1. The maximum absolute atomic E-state index is 12.9. The van der Waals surface area contributed by atoms with Crippen LogP contribution in [0.3, 0.4) is 0 Å². The smallest absolute Gasteiger partial charge is 0.227 e. The van der Waals surface area contributed by atoms with E-state index < -0.39 is 10.8 Å². The van der Waals surface area contributed by atoms with Crippen LogP contribution < -0.4 is 4.74 Å². The van der Waals surface area contributed by atoms with Gasteiger partial charge in [0.15, 0.2) is 0 Å². The predicted molar refractivity (Wildman–Crippen MR) is 84.4 cm³/mol. The van der Waals surface area contributed by atoms with Crippen LogP contribution in [0, 0.1) is 6.92 Å². The van der Waals surface area contributed by atoms with Crippen molar-refractivity contribution in [2.75, 3.05) is 6.61 Å². The minimum Gasteiger partial charge on any atom is -0.478 e. The summed E-state index contributed by atoms with van der Waals surface area (Å²) < 4.78 is 18.3. The minimum absolute atomic E-state index is 0.238. The van der Waals surface area contributed by atoms with Gasteiger partial charge in [0.1, 0.15) is 10.8 Å². The quantitative estimate of drug-likeness (QED) is 0.693.